The van der Waals surface area contributed by atoms with Crippen molar-refractivity contribution in [1.29, 1.82) is 0 Å². The SMILES string of the molecule is C=CCOC12Oc3ccc(OC(=O)NCC)cc3C3C(CCCCO)C(CCCCO)C=C(C(=NOCc4ccc([N+](=O)[O-])cc4)CC1N(CCC)S(=O)(=O)c1cccc4cccnc14)C32. The third kappa shape index (κ3) is 10.0. The second-order valence-corrected chi connectivity index (χ2v) is 18.7. The highest BCUT2D eigenvalue weighted by molar-refractivity contribution is 7.89. The highest BCUT2D eigenvalue weighted by Gasteiger charge is 2.66. The summed E-state index contributed by atoms with van der Waals surface area (Å²) < 4.78 is 52.7. The van der Waals surface area contributed by atoms with Crippen LogP contribution in [0.3, 0.4) is 0 Å². The molecular formula is C49H59N5O11S. The molecule has 7 rings (SSSR count). The number of unbranched alkanes of at least 4 members (excludes halogenated alkanes) is 2. The Morgan fingerprint density at radius 3 is 2.53 bits per heavy atom. The number of allylic oxidation sites excluding steroid dienone is 1. The van der Waals surface area contributed by atoms with Crippen molar-refractivity contribution in [2.75, 3.05) is 32.9 Å². The van der Waals surface area contributed by atoms with Crippen LogP contribution in [0.2, 0.25) is 0 Å². The predicted molar refractivity (Wildman–Crippen MR) is 248 cm³/mol. The van der Waals surface area contributed by atoms with E-state index in [4.69, 9.17) is 24.2 Å². The zero-order valence-corrected chi connectivity index (χ0v) is 38.2. The summed E-state index contributed by atoms with van der Waals surface area (Å²) in [7, 11) is -4.39. The lowest BCUT2D eigenvalue weighted by molar-refractivity contribution is -0.384. The molecule has 1 amide bonds. The number of nitro benzene ring substituents is 1. The van der Waals surface area contributed by atoms with Gasteiger partial charge in [-0.3, -0.25) is 15.1 Å². The van der Waals surface area contributed by atoms with Crippen LogP contribution in [0.15, 0.2) is 113 Å². The molecule has 4 aromatic rings. The average molecular weight is 926 g/mol. The van der Waals surface area contributed by atoms with Crippen molar-refractivity contribution in [3.8, 4) is 11.5 Å². The van der Waals surface area contributed by atoms with Gasteiger partial charge in [0, 0.05) is 67.9 Å². The van der Waals surface area contributed by atoms with Crippen LogP contribution < -0.4 is 14.8 Å². The first kappa shape index (κ1) is 48.2. The largest absolute Gasteiger partial charge is 0.460 e. The highest BCUT2D eigenvalue weighted by Crippen LogP contribution is 2.62. The third-order valence-electron chi connectivity index (χ3n) is 12.7. The van der Waals surface area contributed by atoms with E-state index in [9.17, 15) is 25.1 Å². The summed E-state index contributed by atoms with van der Waals surface area (Å²) in [4.78, 5) is 34.4. The van der Waals surface area contributed by atoms with Crippen molar-refractivity contribution in [3.63, 3.8) is 0 Å². The van der Waals surface area contributed by atoms with E-state index in [-0.39, 0.29) is 67.6 Å². The summed E-state index contributed by atoms with van der Waals surface area (Å²) in [5.41, 5.74) is 2.85. The number of non-ortho nitro benzene ring substituents is 1. The molecule has 3 N–H and O–H groups in total. The number of carbonyl (C=O) groups excluding carboxylic acids is 1. The number of oxime groups is 1. The normalized spacial score (nSPS) is 22.8. The van der Waals surface area contributed by atoms with E-state index in [0.29, 0.717) is 79.4 Å². The number of nitro groups is 1. The number of pyridine rings is 1. The van der Waals surface area contributed by atoms with E-state index < -0.39 is 44.7 Å². The summed E-state index contributed by atoms with van der Waals surface area (Å²) in [5, 5.41) is 39.5. The monoisotopic (exact) mass is 925 g/mol. The van der Waals surface area contributed by atoms with Crippen molar-refractivity contribution in [2.24, 2.45) is 22.9 Å². The van der Waals surface area contributed by atoms with E-state index in [2.05, 4.69) is 23.0 Å². The maximum atomic E-state index is 15.6. The van der Waals surface area contributed by atoms with Crippen LogP contribution >= 0.6 is 0 Å². The Morgan fingerprint density at radius 1 is 1.06 bits per heavy atom. The number of nitrogens with zero attached hydrogens (tertiary/aromatic N) is 4. The number of aromatic nitrogens is 1. The van der Waals surface area contributed by atoms with Crippen molar-refractivity contribution in [1.82, 2.24) is 14.6 Å². The first-order valence-corrected chi connectivity index (χ1v) is 24.2. The van der Waals surface area contributed by atoms with Gasteiger partial charge in [0.1, 0.15) is 23.0 Å². The van der Waals surface area contributed by atoms with Crippen LogP contribution in [0.25, 0.3) is 10.9 Å². The maximum Gasteiger partial charge on any atom is 0.412 e. The summed E-state index contributed by atoms with van der Waals surface area (Å²) in [6, 6.07) is 18.8. The van der Waals surface area contributed by atoms with Crippen molar-refractivity contribution >= 4 is 38.4 Å². The summed E-state index contributed by atoms with van der Waals surface area (Å²) in [5.74, 6) is -2.35. The molecule has 3 aliphatic rings. The molecule has 0 radical (unpaired) electrons. The fourth-order valence-corrected chi connectivity index (χ4v) is 11.8. The van der Waals surface area contributed by atoms with Crippen LogP contribution in [-0.2, 0) is 26.2 Å². The Morgan fingerprint density at radius 2 is 1.82 bits per heavy atom. The smallest absolute Gasteiger partial charge is 0.412 e. The molecule has 16 nitrogen and oxygen atoms in total. The number of rotatable bonds is 22. The van der Waals surface area contributed by atoms with Crippen LogP contribution in [0, 0.1) is 27.9 Å². The van der Waals surface area contributed by atoms with Gasteiger partial charge < -0.3 is 34.6 Å². The highest BCUT2D eigenvalue weighted by atomic mass is 32.2. The molecule has 66 heavy (non-hydrogen) atoms. The van der Waals surface area contributed by atoms with Gasteiger partial charge in [-0.1, -0.05) is 55.3 Å². The fraction of sp³-hybridized carbons (Fsp3) is 0.449. The predicted octanol–water partition coefficient (Wildman–Crippen LogP) is 8.19. The third-order valence-corrected chi connectivity index (χ3v) is 14.6. The van der Waals surface area contributed by atoms with Gasteiger partial charge in [0.05, 0.1) is 34.7 Å². The van der Waals surface area contributed by atoms with E-state index in [0.717, 1.165) is 11.1 Å². The minimum atomic E-state index is -4.39. The first-order chi connectivity index (χ1) is 32.0. The number of hydrogen-bond acceptors (Lipinski definition) is 13. The van der Waals surface area contributed by atoms with Gasteiger partial charge in [-0.15, -0.1) is 6.58 Å². The number of nitrogens with one attached hydrogen (secondary N) is 1. The van der Waals surface area contributed by atoms with Gasteiger partial charge >= 0.3 is 6.09 Å². The van der Waals surface area contributed by atoms with Gasteiger partial charge in [0.25, 0.3) is 5.69 Å². The Labute approximate surface area is 385 Å². The lowest BCUT2D eigenvalue weighted by Crippen LogP contribution is -2.70. The molecule has 0 spiro atoms. The number of sulfonamides is 1. The number of fused-ring (bicyclic) bond motifs is 3. The summed E-state index contributed by atoms with van der Waals surface area (Å²) in [6.07, 6.45) is 9.08. The molecule has 6 atom stereocenters. The van der Waals surface area contributed by atoms with Crippen LogP contribution in [0.5, 0.6) is 11.5 Å². The summed E-state index contributed by atoms with van der Waals surface area (Å²) >= 11 is 0. The van der Waals surface area contributed by atoms with Gasteiger partial charge in [-0.2, -0.15) is 4.31 Å². The molecule has 1 fully saturated rings. The van der Waals surface area contributed by atoms with Gasteiger partial charge in [-0.05, 0) is 104 Å². The lowest BCUT2D eigenvalue weighted by Gasteiger charge is -2.59. The number of ether oxygens (including phenoxy) is 3. The second kappa shape index (κ2) is 21.7. The number of aliphatic hydroxyl groups is 2. The molecule has 0 bridgehead atoms. The minimum Gasteiger partial charge on any atom is -0.460 e. The molecule has 2 heterocycles. The first-order valence-electron chi connectivity index (χ1n) is 22.8. The molecule has 3 aromatic carbocycles. The zero-order valence-electron chi connectivity index (χ0n) is 37.4. The topological polar surface area (TPSA) is 212 Å². The molecule has 6 unspecified atom stereocenters. The van der Waals surface area contributed by atoms with Gasteiger partial charge in [0.15, 0.2) is 0 Å². The van der Waals surface area contributed by atoms with Gasteiger partial charge in [0.2, 0.25) is 15.8 Å². The van der Waals surface area contributed by atoms with Crippen LogP contribution in [-0.4, -0.2) is 89.4 Å². The van der Waals surface area contributed by atoms with Gasteiger partial charge in [-0.25, -0.2) is 13.2 Å². The molecule has 0 saturated heterocycles. The van der Waals surface area contributed by atoms with E-state index in [1.54, 1.807) is 61.7 Å². The molecular weight excluding hydrogens is 867 g/mol. The van der Waals surface area contributed by atoms with E-state index >= 15 is 8.42 Å². The second-order valence-electron chi connectivity index (χ2n) is 16.8. The number of para-hydroxylation sites is 1. The number of carbonyl (C=O) groups is 1. The number of aliphatic hydroxyl groups excluding tert-OH is 2. The van der Waals surface area contributed by atoms with E-state index in [1.807, 2.05) is 25.1 Å². The van der Waals surface area contributed by atoms with Crippen molar-refractivity contribution in [2.45, 2.75) is 94.5 Å². The van der Waals surface area contributed by atoms with Crippen molar-refractivity contribution < 1.29 is 47.4 Å². The van der Waals surface area contributed by atoms with Crippen molar-refractivity contribution in [3.05, 3.63) is 125 Å². The maximum absolute atomic E-state index is 15.6. The lowest BCUT2D eigenvalue weighted by atomic mass is 9.55. The Kier molecular flexibility index (Phi) is 15.9. The average Bonchev–Trinajstić information content (AvgIpc) is 3.31. The quantitative estimate of drug-likeness (QED) is 0.0295. The Balaban J connectivity index is 1.48. The Hall–Kier alpha value is -5.72. The summed E-state index contributed by atoms with van der Waals surface area (Å²) in [6.45, 7) is 8.11. The number of benzene rings is 3. The molecule has 1 aliphatic heterocycles. The van der Waals surface area contributed by atoms with E-state index in [1.165, 1.54) is 16.4 Å². The van der Waals surface area contributed by atoms with Crippen LogP contribution in [0.4, 0.5) is 10.5 Å². The molecule has 17 heteroatoms. The fourth-order valence-electron chi connectivity index (χ4n) is 9.95. The molecule has 1 aromatic heterocycles. The standard InChI is InChI=1S/C49H59N5O11S/c1-4-25-53(66(60,61)43-17-11-14-34-15-12-24-51-47(34)43)44-31-41(52-63-32-33-18-20-36(21-19-33)54(58)59)39-29-35(13-7-9-26-55)38(16-8-10-27-56)45-40-30-37(64-48(57)50-6-3)22-23-42(40)65-49(44,46(39)45)62-28-5-2/h5,11-12,14-15,17-24,29-30,35,38,44-46,55-56H,2,4,6-10,13,16,25-28,31-32H2,1,3H3,(H,50,57). The van der Waals surface area contributed by atoms with Crippen LogP contribution in [0.1, 0.15) is 82.3 Å². The number of hydrogen-bond donors (Lipinski definition) is 3. The Bertz CT molecular complexity index is 2530. The minimum absolute atomic E-state index is 0.00383. The molecule has 1 saturated carbocycles. The number of amides is 1. The zero-order chi connectivity index (χ0) is 46.8. The molecule has 2 aliphatic carbocycles. The molecule has 352 valence electrons.